The van der Waals surface area contributed by atoms with Gasteiger partial charge in [0.25, 0.3) is 0 Å². The van der Waals surface area contributed by atoms with Crippen molar-refractivity contribution in [3.63, 3.8) is 0 Å². The molecule has 1 aliphatic rings. The first-order valence-electron chi connectivity index (χ1n) is 8.03. The molecule has 0 N–H and O–H groups in total. The van der Waals surface area contributed by atoms with Crippen LogP contribution in [0.3, 0.4) is 0 Å². The van der Waals surface area contributed by atoms with E-state index in [2.05, 4.69) is 26.0 Å². The van der Waals surface area contributed by atoms with Crippen molar-refractivity contribution in [1.29, 1.82) is 0 Å². The third-order valence-corrected chi connectivity index (χ3v) is 4.45. The number of nitrogens with zero attached hydrogens (tertiary/aromatic N) is 1. The minimum atomic E-state index is 0.283. The first-order valence-corrected chi connectivity index (χ1v) is 8.03. The lowest BCUT2D eigenvalue weighted by Crippen LogP contribution is -2.36. The summed E-state index contributed by atoms with van der Waals surface area (Å²) < 4.78 is 5.21. The van der Waals surface area contributed by atoms with Crippen LogP contribution in [0, 0.1) is 5.92 Å². The lowest BCUT2D eigenvalue weighted by molar-refractivity contribution is -0.132. The Morgan fingerprint density at radius 3 is 2.29 bits per heavy atom. The van der Waals surface area contributed by atoms with Gasteiger partial charge in [0.05, 0.1) is 7.11 Å². The largest absolute Gasteiger partial charge is 0.497 e. The van der Waals surface area contributed by atoms with Gasteiger partial charge < -0.3 is 9.64 Å². The van der Waals surface area contributed by atoms with Crippen molar-refractivity contribution in [3.8, 4) is 5.75 Å². The number of amides is 1. The molecule has 0 bridgehead atoms. The first-order chi connectivity index (χ1) is 10.1. The van der Waals surface area contributed by atoms with Crippen LogP contribution in [-0.2, 0) is 4.79 Å². The number of carbonyl (C=O) groups excluding carboxylic acids is 1. The average Bonchev–Trinajstić information content (AvgIpc) is 2.53. The summed E-state index contributed by atoms with van der Waals surface area (Å²) in [6.45, 7) is 6.26. The van der Waals surface area contributed by atoms with E-state index >= 15 is 0 Å². The van der Waals surface area contributed by atoms with Crippen LogP contribution in [0.4, 0.5) is 0 Å². The second kappa shape index (κ2) is 7.48. The Morgan fingerprint density at radius 2 is 1.76 bits per heavy atom. The summed E-state index contributed by atoms with van der Waals surface area (Å²) in [4.78, 5) is 14.6. The Bertz CT molecular complexity index is 447. The number of benzene rings is 1. The third-order valence-electron chi connectivity index (χ3n) is 4.45. The average molecular weight is 289 g/mol. The molecular weight excluding hydrogens is 262 g/mol. The zero-order valence-corrected chi connectivity index (χ0v) is 13.5. The van der Waals surface area contributed by atoms with Crippen LogP contribution < -0.4 is 4.74 Å². The fourth-order valence-corrected chi connectivity index (χ4v) is 3.05. The number of piperidine rings is 1. The summed E-state index contributed by atoms with van der Waals surface area (Å²) in [5.74, 6) is 1.91. The number of methoxy groups -OCH3 is 1. The van der Waals surface area contributed by atoms with Crippen molar-refractivity contribution in [1.82, 2.24) is 4.90 Å². The molecule has 0 spiro atoms. The number of rotatable bonds is 5. The highest BCUT2D eigenvalue weighted by Crippen LogP contribution is 2.30. The van der Waals surface area contributed by atoms with Gasteiger partial charge in [0.1, 0.15) is 5.75 Å². The van der Waals surface area contributed by atoms with E-state index in [0.29, 0.717) is 18.2 Å². The van der Waals surface area contributed by atoms with Crippen LogP contribution in [-0.4, -0.2) is 31.0 Å². The lowest BCUT2D eigenvalue weighted by Gasteiger charge is -2.29. The molecule has 1 amide bonds. The second-order valence-corrected chi connectivity index (χ2v) is 6.27. The van der Waals surface area contributed by atoms with Gasteiger partial charge in [0.2, 0.25) is 5.91 Å². The van der Waals surface area contributed by atoms with E-state index in [4.69, 9.17) is 4.74 Å². The summed E-state index contributed by atoms with van der Waals surface area (Å²) in [7, 11) is 1.68. The lowest BCUT2D eigenvalue weighted by atomic mass is 9.85. The van der Waals surface area contributed by atoms with Crippen LogP contribution in [0.2, 0.25) is 0 Å². The highest BCUT2D eigenvalue weighted by Gasteiger charge is 2.24. The summed E-state index contributed by atoms with van der Waals surface area (Å²) in [6, 6.07) is 8.14. The number of likely N-dealkylation sites (tertiary alicyclic amines) is 1. The molecular formula is C18H27NO2. The molecule has 3 heteroatoms. The van der Waals surface area contributed by atoms with Crippen molar-refractivity contribution < 1.29 is 9.53 Å². The third kappa shape index (κ3) is 4.23. The number of carbonyl (C=O) groups is 1. The molecule has 1 aliphatic heterocycles. The Hall–Kier alpha value is -1.51. The Labute approximate surface area is 128 Å². The van der Waals surface area contributed by atoms with Gasteiger partial charge in [0.15, 0.2) is 0 Å². The van der Waals surface area contributed by atoms with E-state index in [9.17, 15) is 4.79 Å². The van der Waals surface area contributed by atoms with E-state index < -0.39 is 0 Å². The number of hydrogen-bond acceptors (Lipinski definition) is 2. The molecule has 1 aromatic carbocycles. The quantitative estimate of drug-likeness (QED) is 0.824. The molecule has 0 radical (unpaired) electrons. The molecule has 116 valence electrons. The smallest absolute Gasteiger partial charge is 0.223 e. The monoisotopic (exact) mass is 289 g/mol. The SMILES string of the molecule is COc1ccc([C@@H](CC(=O)N2CCCCC2)C(C)C)cc1. The van der Waals surface area contributed by atoms with Crippen molar-refractivity contribution in [3.05, 3.63) is 29.8 Å². The zero-order chi connectivity index (χ0) is 15.2. The standard InChI is InChI=1S/C18H27NO2/c1-14(2)17(15-7-9-16(21-3)10-8-15)13-18(20)19-11-5-4-6-12-19/h7-10,14,17H,4-6,11-13H2,1-3H3/t17-/m0/s1. The molecule has 2 rings (SSSR count). The van der Waals surface area contributed by atoms with Gasteiger partial charge in [-0.2, -0.15) is 0 Å². The van der Waals surface area contributed by atoms with E-state index in [-0.39, 0.29) is 5.92 Å². The van der Waals surface area contributed by atoms with Gasteiger partial charge in [-0.25, -0.2) is 0 Å². The van der Waals surface area contributed by atoms with Gasteiger partial charge in [-0.1, -0.05) is 26.0 Å². The molecule has 0 unspecified atom stereocenters. The predicted octanol–water partition coefficient (Wildman–Crippen LogP) is 3.84. The summed E-state index contributed by atoms with van der Waals surface area (Å²) in [6.07, 6.45) is 4.18. The van der Waals surface area contributed by atoms with Crippen molar-refractivity contribution >= 4 is 5.91 Å². The van der Waals surface area contributed by atoms with E-state index in [1.54, 1.807) is 7.11 Å². The van der Waals surface area contributed by atoms with E-state index in [0.717, 1.165) is 31.7 Å². The number of hydrogen-bond donors (Lipinski definition) is 0. The highest BCUT2D eigenvalue weighted by atomic mass is 16.5. The first kappa shape index (κ1) is 15.9. The Balaban J connectivity index is 2.05. The van der Waals surface area contributed by atoms with Crippen LogP contribution in [0.25, 0.3) is 0 Å². The van der Waals surface area contributed by atoms with Crippen molar-refractivity contribution in [2.75, 3.05) is 20.2 Å². The molecule has 0 aliphatic carbocycles. The second-order valence-electron chi connectivity index (χ2n) is 6.27. The molecule has 3 nitrogen and oxygen atoms in total. The van der Waals surface area contributed by atoms with Gasteiger partial charge in [-0.3, -0.25) is 4.79 Å². The van der Waals surface area contributed by atoms with Crippen LogP contribution in [0.5, 0.6) is 5.75 Å². The Kier molecular flexibility index (Phi) is 5.66. The summed E-state index contributed by atoms with van der Waals surface area (Å²) >= 11 is 0. The van der Waals surface area contributed by atoms with Gasteiger partial charge in [-0.05, 0) is 48.8 Å². The van der Waals surface area contributed by atoms with Gasteiger partial charge in [-0.15, -0.1) is 0 Å². The highest BCUT2D eigenvalue weighted by molar-refractivity contribution is 5.77. The maximum absolute atomic E-state index is 12.5. The van der Waals surface area contributed by atoms with Crippen LogP contribution in [0.15, 0.2) is 24.3 Å². The molecule has 0 saturated carbocycles. The van der Waals surface area contributed by atoms with Crippen molar-refractivity contribution in [2.45, 2.75) is 45.4 Å². The van der Waals surface area contributed by atoms with E-state index in [1.165, 1.54) is 12.0 Å². The molecule has 0 aromatic heterocycles. The van der Waals surface area contributed by atoms with Gasteiger partial charge >= 0.3 is 0 Å². The molecule has 1 saturated heterocycles. The fraction of sp³-hybridized carbons (Fsp3) is 0.611. The van der Waals surface area contributed by atoms with Gasteiger partial charge in [0, 0.05) is 19.5 Å². The predicted molar refractivity (Wildman–Crippen MR) is 85.6 cm³/mol. The summed E-state index contributed by atoms with van der Waals surface area (Å²) in [5, 5.41) is 0. The van der Waals surface area contributed by atoms with Crippen LogP contribution >= 0.6 is 0 Å². The molecule has 1 heterocycles. The molecule has 21 heavy (non-hydrogen) atoms. The molecule has 1 fully saturated rings. The van der Waals surface area contributed by atoms with Crippen LogP contribution in [0.1, 0.15) is 51.0 Å². The molecule has 1 atom stereocenters. The van der Waals surface area contributed by atoms with E-state index in [1.807, 2.05) is 17.0 Å². The topological polar surface area (TPSA) is 29.5 Å². The Morgan fingerprint density at radius 1 is 1.14 bits per heavy atom. The maximum atomic E-state index is 12.5. The fourth-order valence-electron chi connectivity index (χ4n) is 3.05. The number of ether oxygens (including phenoxy) is 1. The maximum Gasteiger partial charge on any atom is 0.223 e. The zero-order valence-electron chi connectivity index (χ0n) is 13.5. The van der Waals surface area contributed by atoms with Crippen molar-refractivity contribution in [2.24, 2.45) is 5.92 Å². The minimum absolute atomic E-state index is 0.283. The molecule has 1 aromatic rings. The summed E-state index contributed by atoms with van der Waals surface area (Å²) in [5.41, 5.74) is 1.23. The normalized spacial score (nSPS) is 16.9. The minimum Gasteiger partial charge on any atom is -0.497 e.